The van der Waals surface area contributed by atoms with Gasteiger partial charge in [-0.05, 0) is 6.07 Å². The number of pyridine rings is 1. The molecule has 0 unspecified atom stereocenters. The minimum absolute atomic E-state index is 0.0643. The monoisotopic (exact) mass is 252 g/mol. The summed E-state index contributed by atoms with van der Waals surface area (Å²) in [5.74, 6) is 0.549. The molecule has 88 valence electrons. The van der Waals surface area contributed by atoms with Crippen molar-refractivity contribution in [1.29, 1.82) is 0 Å². The highest BCUT2D eigenvalue weighted by atomic mass is 32.1. The fourth-order valence-electron chi connectivity index (χ4n) is 1.22. The maximum absolute atomic E-state index is 10.5. The van der Waals surface area contributed by atoms with Gasteiger partial charge in [-0.3, -0.25) is 0 Å². The summed E-state index contributed by atoms with van der Waals surface area (Å²) in [5.41, 5.74) is 2.24. The van der Waals surface area contributed by atoms with Crippen LogP contribution in [0.1, 0.15) is 0 Å². The zero-order chi connectivity index (χ0) is 12.3. The molecule has 0 amide bonds. The van der Waals surface area contributed by atoms with Gasteiger partial charge < -0.3 is 14.6 Å². The number of hydrogen-bond donors (Lipinski definition) is 1. The SMILES string of the molecule is COc1ccc(-c2scnc2OC(=O)O)cn1. The van der Waals surface area contributed by atoms with Crippen molar-refractivity contribution in [3.8, 4) is 22.2 Å². The Labute approximate surface area is 100 Å². The van der Waals surface area contributed by atoms with Crippen molar-refractivity contribution in [3.05, 3.63) is 23.8 Å². The van der Waals surface area contributed by atoms with Gasteiger partial charge in [0.2, 0.25) is 11.8 Å². The molecule has 7 heteroatoms. The van der Waals surface area contributed by atoms with Crippen LogP contribution in [0.25, 0.3) is 10.4 Å². The molecule has 0 aliphatic rings. The van der Waals surface area contributed by atoms with E-state index in [0.29, 0.717) is 10.8 Å². The van der Waals surface area contributed by atoms with Crippen molar-refractivity contribution in [2.45, 2.75) is 0 Å². The third-order valence-corrected chi connectivity index (χ3v) is 2.78. The first kappa shape index (κ1) is 11.3. The quantitative estimate of drug-likeness (QED) is 0.844. The molecule has 2 rings (SSSR count). The standard InChI is InChI=1S/C10H8N2O4S/c1-15-7-3-2-6(4-11-7)8-9(12-5-17-8)16-10(13)14/h2-5H,1H3,(H,13,14). The zero-order valence-corrected chi connectivity index (χ0v) is 9.60. The second-order valence-electron chi connectivity index (χ2n) is 2.94. The zero-order valence-electron chi connectivity index (χ0n) is 8.78. The predicted octanol–water partition coefficient (Wildman–Crippen LogP) is 2.27. The van der Waals surface area contributed by atoms with Gasteiger partial charge in [-0.25, -0.2) is 14.8 Å². The summed E-state index contributed by atoms with van der Waals surface area (Å²) < 4.78 is 9.49. The molecule has 2 aromatic heterocycles. The lowest BCUT2D eigenvalue weighted by atomic mass is 10.2. The van der Waals surface area contributed by atoms with Crippen LogP contribution in [0.4, 0.5) is 4.79 Å². The Morgan fingerprint density at radius 2 is 2.24 bits per heavy atom. The summed E-state index contributed by atoms with van der Waals surface area (Å²) in [6.07, 6.45) is 0.180. The molecule has 0 aliphatic heterocycles. The van der Waals surface area contributed by atoms with Crippen molar-refractivity contribution in [1.82, 2.24) is 9.97 Å². The summed E-state index contributed by atoms with van der Waals surface area (Å²) in [6, 6.07) is 3.44. The average molecular weight is 252 g/mol. The van der Waals surface area contributed by atoms with Gasteiger partial charge in [-0.15, -0.1) is 11.3 Å². The van der Waals surface area contributed by atoms with E-state index in [-0.39, 0.29) is 5.88 Å². The number of carbonyl (C=O) groups is 1. The van der Waals surface area contributed by atoms with Crippen LogP contribution in [0, 0.1) is 0 Å². The Bertz CT molecular complexity index is 523. The maximum atomic E-state index is 10.5. The molecule has 0 saturated carbocycles. The molecule has 6 nitrogen and oxygen atoms in total. The van der Waals surface area contributed by atoms with E-state index in [1.807, 2.05) is 0 Å². The maximum Gasteiger partial charge on any atom is 0.512 e. The van der Waals surface area contributed by atoms with Gasteiger partial charge in [0.25, 0.3) is 0 Å². The Morgan fingerprint density at radius 1 is 1.41 bits per heavy atom. The van der Waals surface area contributed by atoms with Gasteiger partial charge in [0.1, 0.15) is 4.88 Å². The number of rotatable bonds is 3. The first-order valence-electron chi connectivity index (χ1n) is 4.55. The van der Waals surface area contributed by atoms with E-state index in [0.717, 1.165) is 5.56 Å². The molecular formula is C10H8N2O4S. The summed E-state index contributed by atoms with van der Waals surface area (Å²) in [4.78, 5) is 18.9. The second-order valence-corrected chi connectivity index (χ2v) is 3.80. The number of ether oxygens (including phenoxy) is 2. The molecule has 0 bridgehead atoms. The van der Waals surface area contributed by atoms with Crippen molar-refractivity contribution in [3.63, 3.8) is 0 Å². The predicted molar refractivity (Wildman–Crippen MR) is 60.5 cm³/mol. The highest BCUT2D eigenvalue weighted by Crippen LogP contribution is 2.33. The van der Waals surface area contributed by atoms with E-state index >= 15 is 0 Å². The molecule has 0 saturated heterocycles. The summed E-state index contributed by atoms with van der Waals surface area (Å²) >= 11 is 1.28. The topological polar surface area (TPSA) is 81.5 Å². The molecule has 2 heterocycles. The normalized spacial score (nSPS) is 9.94. The third kappa shape index (κ3) is 2.51. The van der Waals surface area contributed by atoms with Crippen molar-refractivity contribution >= 4 is 17.5 Å². The molecule has 0 spiro atoms. The van der Waals surface area contributed by atoms with Gasteiger partial charge in [0.15, 0.2) is 0 Å². The lowest BCUT2D eigenvalue weighted by Crippen LogP contribution is -2.03. The molecular weight excluding hydrogens is 244 g/mol. The van der Waals surface area contributed by atoms with E-state index in [9.17, 15) is 4.79 Å². The fraction of sp³-hybridized carbons (Fsp3) is 0.100. The number of carboxylic acid groups (broad SMARTS) is 1. The van der Waals surface area contributed by atoms with Gasteiger partial charge in [-0.1, -0.05) is 0 Å². The van der Waals surface area contributed by atoms with Crippen LogP contribution in [0.15, 0.2) is 23.8 Å². The van der Waals surface area contributed by atoms with Crippen LogP contribution in [0.5, 0.6) is 11.8 Å². The molecule has 17 heavy (non-hydrogen) atoms. The van der Waals surface area contributed by atoms with Crippen LogP contribution in [-0.4, -0.2) is 28.3 Å². The minimum Gasteiger partial charge on any atom is -0.481 e. The summed E-state index contributed by atoms with van der Waals surface area (Å²) in [6.45, 7) is 0. The van der Waals surface area contributed by atoms with Crippen molar-refractivity contribution in [2.24, 2.45) is 0 Å². The first-order chi connectivity index (χ1) is 8.20. The lowest BCUT2D eigenvalue weighted by molar-refractivity contribution is 0.143. The molecule has 0 aromatic carbocycles. The Hall–Kier alpha value is -2.15. The largest absolute Gasteiger partial charge is 0.512 e. The van der Waals surface area contributed by atoms with Gasteiger partial charge in [-0.2, -0.15) is 0 Å². The Kier molecular flexibility index (Phi) is 3.20. The van der Waals surface area contributed by atoms with Gasteiger partial charge >= 0.3 is 6.16 Å². The Balaban J connectivity index is 2.32. The van der Waals surface area contributed by atoms with Crippen LogP contribution in [0.3, 0.4) is 0 Å². The van der Waals surface area contributed by atoms with E-state index < -0.39 is 6.16 Å². The molecule has 1 N–H and O–H groups in total. The van der Waals surface area contributed by atoms with Gasteiger partial charge in [0.05, 0.1) is 12.6 Å². The average Bonchev–Trinajstić information content (AvgIpc) is 2.76. The van der Waals surface area contributed by atoms with Crippen molar-refractivity contribution < 1.29 is 19.4 Å². The fourth-order valence-corrected chi connectivity index (χ4v) is 1.92. The van der Waals surface area contributed by atoms with E-state index in [1.54, 1.807) is 18.3 Å². The number of hydrogen-bond acceptors (Lipinski definition) is 6. The molecule has 0 aliphatic carbocycles. The highest BCUT2D eigenvalue weighted by Gasteiger charge is 2.13. The van der Waals surface area contributed by atoms with Crippen LogP contribution < -0.4 is 9.47 Å². The highest BCUT2D eigenvalue weighted by molar-refractivity contribution is 7.13. The molecule has 0 atom stereocenters. The number of methoxy groups -OCH3 is 1. The minimum atomic E-state index is -1.39. The van der Waals surface area contributed by atoms with Crippen LogP contribution >= 0.6 is 11.3 Å². The lowest BCUT2D eigenvalue weighted by Gasteiger charge is -2.02. The molecule has 2 aromatic rings. The molecule has 0 radical (unpaired) electrons. The summed E-state index contributed by atoms with van der Waals surface area (Å²) in [7, 11) is 1.52. The van der Waals surface area contributed by atoms with Crippen LogP contribution in [0.2, 0.25) is 0 Å². The van der Waals surface area contributed by atoms with E-state index in [4.69, 9.17) is 9.84 Å². The van der Waals surface area contributed by atoms with Crippen molar-refractivity contribution in [2.75, 3.05) is 7.11 Å². The smallest absolute Gasteiger partial charge is 0.481 e. The first-order valence-corrected chi connectivity index (χ1v) is 5.43. The number of thiazole rings is 1. The molecule has 0 fully saturated rings. The second kappa shape index (κ2) is 4.79. The van der Waals surface area contributed by atoms with Crippen LogP contribution in [-0.2, 0) is 0 Å². The van der Waals surface area contributed by atoms with E-state index in [1.165, 1.54) is 24.0 Å². The van der Waals surface area contributed by atoms with Gasteiger partial charge in [0, 0.05) is 17.8 Å². The summed E-state index contributed by atoms with van der Waals surface area (Å²) in [5, 5.41) is 8.55. The number of aromatic nitrogens is 2. The van der Waals surface area contributed by atoms with E-state index in [2.05, 4.69) is 14.7 Å². The Morgan fingerprint density at radius 3 is 2.82 bits per heavy atom. The number of nitrogens with zero attached hydrogens (tertiary/aromatic N) is 2. The third-order valence-electron chi connectivity index (χ3n) is 1.93.